The number of hydrogen-bond acceptors (Lipinski definition) is 4. The standard InChI is InChI=1S/C18H15Cl2N3OS/c19-13-7-12(10-1-4-22-5-2-10)16-11-3-6-23(15(24)8-21)9-14(11)25-18(16)17(13)20/h1-2,4-5,7H,3,6,8-9,21H2. The average molecular weight is 392 g/mol. The van der Waals surface area contributed by atoms with Crippen LogP contribution < -0.4 is 5.73 Å². The van der Waals surface area contributed by atoms with E-state index in [2.05, 4.69) is 4.98 Å². The number of aromatic nitrogens is 1. The van der Waals surface area contributed by atoms with E-state index < -0.39 is 0 Å². The van der Waals surface area contributed by atoms with Crippen LogP contribution in [0.3, 0.4) is 0 Å². The Kier molecular flexibility index (Phi) is 4.41. The molecule has 0 spiro atoms. The van der Waals surface area contributed by atoms with Crippen LogP contribution in [0, 0.1) is 0 Å². The van der Waals surface area contributed by atoms with E-state index in [0.29, 0.717) is 23.1 Å². The number of halogens is 2. The molecule has 0 radical (unpaired) electrons. The van der Waals surface area contributed by atoms with Crippen LogP contribution in [-0.4, -0.2) is 28.9 Å². The molecular formula is C18H15Cl2N3OS. The van der Waals surface area contributed by atoms with Gasteiger partial charge in [-0.2, -0.15) is 0 Å². The zero-order valence-corrected chi connectivity index (χ0v) is 15.6. The molecule has 0 saturated carbocycles. The molecule has 0 unspecified atom stereocenters. The van der Waals surface area contributed by atoms with Crippen molar-refractivity contribution < 1.29 is 4.79 Å². The van der Waals surface area contributed by atoms with E-state index in [1.807, 2.05) is 18.2 Å². The minimum Gasteiger partial charge on any atom is -0.336 e. The molecule has 1 aliphatic rings. The summed E-state index contributed by atoms with van der Waals surface area (Å²) in [6, 6.07) is 5.86. The van der Waals surface area contributed by atoms with E-state index in [0.717, 1.165) is 32.5 Å². The highest BCUT2D eigenvalue weighted by molar-refractivity contribution is 7.20. The number of thiophene rings is 1. The van der Waals surface area contributed by atoms with Crippen molar-refractivity contribution in [2.75, 3.05) is 13.1 Å². The molecule has 128 valence electrons. The van der Waals surface area contributed by atoms with Crippen molar-refractivity contribution in [3.8, 4) is 11.1 Å². The third-order valence-electron chi connectivity index (χ3n) is 4.52. The summed E-state index contributed by atoms with van der Waals surface area (Å²) in [5, 5.41) is 2.25. The Morgan fingerprint density at radius 1 is 1.32 bits per heavy atom. The number of benzene rings is 1. The lowest BCUT2D eigenvalue weighted by Gasteiger charge is -2.26. The fourth-order valence-corrected chi connectivity index (χ4v) is 5.17. The molecule has 0 atom stereocenters. The van der Waals surface area contributed by atoms with Gasteiger partial charge in [-0.05, 0) is 41.3 Å². The predicted molar refractivity (Wildman–Crippen MR) is 103 cm³/mol. The number of rotatable bonds is 2. The second kappa shape index (κ2) is 6.57. The number of nitrogens with two attached hydrogens (primary N) is 1. The first-order valence-corrected chi connectivity index (χ1v) is 9.48. The molecule has 0 fully saturated rings. The van der Waals surface area contributed by atoms with Crippen molar-refractivity contribution in [1.29, 1.82) is 0 Å². The molecular weight excluding hydrogens is 377 g/mol. The molecule has 2 aromatic heterocycles. The number of nitrogens with zero attached hydrogens (tertiary/aromatic N) is 2. The third-order valence-corrected chi connectivity index (χ3v) is 6.66. The van der Waals surface area contributed by atoms with Crippen LogP contribution in [-0.2, 0) is 17.8 Å². The zero-order valence-electron chi connectivity index (χ0n) is 13.3. The van der Waals surface area contributed by atoms with Gasteiger partial charge < -0.3 is 10.6 Å². The van der Waals surface area contributed by atoms with E-state index in [4.69, 9.17) is 28.9 Å². The summed E-state index contributed by atoms with van der Waals surface area (Å²) < 4.78 is 0.980. The molecule has 25 heavy (non-hydrogen) atoms. The fourth-order valence-electron chi connectivity index (χ4n) is 3.31. The van der Waals surface area contributed by atoms with Gasteiger partial charge in [0.25, 0.3) is 0 Å². The SMILES string of the molecule is NCC(=O)N1CCc2c(sc3c(Cl)c(Cl)cc(-c4ccncc4)c23)C1. The second-order valence-electron chi connectivity index (χ2n) is 5.93. The van der Waals surface area contributed by atoms with Gasteiger partial charge in [0.2, 0.25) is 5.91 Å². The maximum absolute atomic E-state index is 12.0. The summed E-state index contributed by atoms with van der Waals surface area (Å²) in [4.78, 5) is 19.0. The summed E-state index contributed by atoms with van der Waals surface area (Å²) in [6.07, 6.45) is 4.32. The van der Waals surface area contributed by atoms with Crippen LogP contribution in [0.4, 0.5) is 0 Å². The maximum Gasteiger partial charge on any atom is 0.236 e. The van der Waals surface area contributed by atoms with E-state index >= 15 is 0 Å². The highest BCUT2D eigenvalue weighted by Gasteiger charge is 2.26. The molecule has 4 rings (SSSR count). The lowest BCUT2D eigenvalue weighted by molar-refractivity contribution is -0.130. The van der Waals surface area contributed by atoms with Crippen molar-refractivity contribution in [3.05, 3.63) is 51.1 Å². The molecule has 2 N–H and O–H groups in total. The quantitative estimate of drug-likeness (QED) is 0.714. The van der Waals surface area contributed by atoms with Crippen LogP contribution >= 0.6 is 34.5 Å². The predicted octanol–water partition coefficient (Wildman–Crippen LogP) is 4.11. The van der Waals surface area contributed by atoms with Gasteiger partial charge in [-0.3, -0.25) is 9.78 Å². The molecule has 0 bridgehead atoms. The molecule has 4 nitrogen and oxygen atoms in total. The summed E-state index contributed by atoms with van der Waals surface area (Å²) >= 11 is 14.5. The summed E-state index contributed by atoms with van der Waals surface area (Å²) in [5.41, 5.74) is 8.88. The third kappa shape index (κ3) is 2.81. The Morgan fingerprint density at radius 2 is 2.08 bits per heavy atom. The summed E-state index contributed by atoms with van der Waals surface area (Å²) in [7, 11) is 0. The van der Waals surface area contributed by atoms with E-state index in [-0.39, 0.29) is 12.5 Å². The van der Waals surface area contributed by atoms with Gasteiger partial charge in [-0.15, -0.1) is 11.3 Å². The van der Waals surface area contributed by atoms with Crippen molar-refractivity contribution in [3.63, 3.8) is 0 Å². The normalized spacial score (nSPS) is 14.0. The minimum absolute atomic E-state index is 0.0263. The zero-order chi connectivity index (χ0) is 17.6. The Labute approximate surface area is 159 Å². The molecule has 7 heteroatoms. The van der Waals surface area contributed by atoms with Gasteiger partial charge in [0.1, 0.15) is 0 Å². The van der Waals surface area contributed by atoms with Gasteiger partial charge in [-0.1, -0.05) is 23.2 Å². The van der Waals surface area contributed by atoms with E-state index in [1.165, 1.54) is 5.56 Å². The van der Waals surface area contributed by atoms with Gasteiger partial charge in [0.15, 0.2) is 0 Å². The van der Waals surface area contributed by atoms with Crippen molar-refractivity contribution in [2.24, 2.45) is 5.73 Å². The molecule has 3 aromatic rings. The summed E-state index contributed by atoms with van der Waals surface area (Å²) in [5.74, 6) is -0.0263. The first-order chi connectivity index (χ1) is 12.1. The monoisotopic (exact) mass is 391 g/mol. The Hall–Kier alpha value is -1.66. The number of hydrogen-bond donors (Lipinski definition) is 1. The highest BCUT2D eigenvalue weighted by Crippen LogP contribution is 2.46. The topological polar surface area (TPSA) is 59.2 Å². The average Bonchev–Trinajstić information content (AvgIpc) is 3.03. The first kappa shape index (κ1) is 16.8. The van der Waals surface area contributed by atoms with Crippen LogP contribution in [0.15, 0.2) is 30.6 Å². The van der Waals surface area contributed by atoms with E-state index in [9.17, 15) is 4.79 Å². The molecule has 0 saturated heterocycles. The van der Waals surface area contributed by atoms with Crippen molar-refractivity contribution >= 4 is 50.5 Å². The molecule has 1 aliphatic heterocycles. The van der Waals surface area contributed by atoms with Gasteiger partial charge in [-0.25, -0.2) is 0 Å². The Balaban J connectivity index is 1.93. The second-order valence-corrected chi connectivity index (χ2v) is 7.82. The lowest BCUT2D eigenvalue weighted by Crippen LogP contribution is -2.39. The Bertz CT molecular complexity index is 972. The number of pyridine rings is 1. The van der Waals surface area contributed by atoms with Gasteiger partial charge in [0, 0.05) is 29.2 Å². The Morgan fingerprint density at radius 3 is 2.80 bits per heavy atom. The highest BCUT2D eigenvalue weighted by atomic mass is 35.5. The number of amides is 1. The van der Waals surface area contributed by atoms with Gasteiger partial charge in [0.05, 0.1) is 27.8 Å². The van der Waals surface area contributed by atoms with Crippen LogP contribution in [0.2, 0.25) is 10.0 Å². The minimum atomic E-state index is -0.0263. The lowest BCUT2D eigenvalue weighted by atomic mass is 9.96. The number of carbonyl (C=O) groups is 1. The van der Waals surface area contributed by atoms with Gasteiger partial charge >= 0.3 is 0 Å². The number of fused-ring (bicyclic) bond motifs is 3. The molecule has 0 aliphatic carbocycles. The van der Waals surface area contributed by atoms with Crippen molar-refractivity contribution in [2.45, 2.75) is 13.0 Å². The van der Waals surface area contributed by atoms with Crippen molar-refractivity contribution in [1.82, 2.24) is 9.88 Å². The van der Waals surface area contributed by atoms with Crippen LogP contribution in [0.1, 0.15) is 10.4 Å². The first-order valence-electron chi connectivity index (χ1n) is 7.90. The number of carbonyl (C=O) groups excluding carboxylic acids is 1. The molecule has 1 amide bonds. The smallest absolute Gasteiger partial charge is 0.236 e. The van der Waals surface area contributed by atoms with E-state index in [1.54, 1.807) is 28.6 Å². The van der Waals surface area contributed by atoms with Crippen LogP contribution in [0.25, 0.3) is 21.2 Å². The largest absolute Gasteiger partial charge is 0.336 e. The maximum atomic E-state index is 12.0. The molecule has 3 heterocycles. The van der Waals surface area contributed by atoms with Crippen LogP contribution in [0.5, 0.6) is 0 Å². The fraction of sp³-hybridized carbons (Fsp3) is 0.222. The summed E-state index contributed by atoms with van der Waals surface area (Å²) in [6.45, 7) is 1.29. The molecule has 1 aromatic carbocycles.